The van der Waals surface area contributed by atoms with Crippen LogP contribution in [0.1, 0.15) is 17.2 Å². The van der Waals surface area contributed by atoms with Crippen molar-refractivity contribution in [2.45, 2.75) is 18.3 Å². The highest BCUT2D eigenvalue weighted by atomic mass is 35.5. The number of rotatable bonds is 3. The lowest BCUT2D eigenvalue weighted by Crippen LogP contribution is -2.47. The number of benzene rings is 1. The van der Waals surface area contributed by atoms with Crippen LogP contribution in [0.25, 0.3) is 0 Å². The number of hydrogen-bond acceptors (Lipinski definition) is 6. The largest absolute Gasteiger partial charge is 0.417 e. The third-order valence-electron chi connectivity index (χ3n) is 5.18. The molecule has 2 aromatic rings. The van der Waals surface area contributed by atoms with Crippen molar-refractivity contribution >= 4 is 29.2 Å². The number of anilines is 1. The number of nitrogens with zero attached hydrogens (tertiary/aromatic N) is 4. The Balaban J connectivity index is 1.66. The Bertz CT molecular complexity index is 1000. The van der Waals surface area contributed by atoms with Gasteiger partial charge in [0.05, 0.1) is 22.5 Å². The molecule has 0 bridgehead atoms. The molecule has 1 aromatic carbocycles. The Hall–Kier alpha value is -2.69. The summed E-state index contributed by atoms with van der Waals surface area (Å²) in [6.07, 6.45) is -5.07. The minimum absolute atomic E-state index is 0.157. The predicted octanol–water partition coefficient (Wildman–Crippen LogP) is 3.08. The minimum atomic E-state index is -4.62. The number of halogens is 4. The standard InChI is InChI=1S/C19H16ClF3N4O3/c1-25(16-12(20)8-11(9-24-16)19(21,22)23)27-17(28)13-14(10-6-4-3-5-7-10)26(2)30-15(13)18(27)29/h3-9,13-15H,1-2H3/t13-,14+,15+/m1/s1. The van der Waals surface area contributed by atoms with Gasteiger partial charge in [-0.3, -0.25) is 19.4 Å². The number of pyridine rings is 1. The van der Waals surface area contributed by atoms with Crippen molar-refractivity contribution in [3.05, 3.63) is 58.7 Å². The number of imide groups is 1. The summed E-state index contributed by atoms with van der Waals surface area (Å²) in [5.74, 6) is -2.17. The van der Waals surface area contributed by atoms with E-state index in [-0.39, 0.29) is 10.8 Å². The first-order valence-electron chi connectivity index (χ1n) is 8.90. The molecular weight excluding hydrogens is 425 g/mol. The normalized spacial score (nSPS) is 24.5. The Morgan fingerprint density at radius 2 is 1.83 bits per heavy atom. The molecule has 0 N–H and O–H groups in total. The number of aromatic nitrogens is 1. The van der Waals surface area contributed by atoms with E-state index in [2.05, 4.69) is 4.98 Å². The van der Waals surface area contributed by atoms with E-state index in [0.717, 1.165) is 15.6 Å². The van der Waals surface area contributed by atoms with Crippen molar-refractivity contribution < 1.29 is 27.6 Å². The zero-order chi connectivity index (χ0) is 21.8. The smallest absolute Gasteiger partial charge is 0.284 e. The van der Waals surface area contributed by atoms with Gasteiger partial charge in [0.2, 0.25) is 0 Å². The molecule has 4 rings (SSSR count). The molecule has 2 fully saturated rings. The second kappa shape index (κ2) is 7.22. The van der Waals surface area contributed by atoms with Crippen LogP contribution in [0.5, 0.6) is 0 Å². The maximum Gasteiger partial charge on any atom is 0.417 e. The van der Waals surface area contributed by atoms with Gasteiger partial charge in [0.1, 0.15) is 0 Å². The second-order valence-electron chi connectivity index (χ2n) is 6.99. The fourth-order valence-electron chi connectivity index (χ4n) is 3.82. The molecule has 0 saturated carbocycles. The fraction of sp³-hybridized carbons (Fsp3) is 0.316. The van der Waals surface area contributed by atoms with Crippen LogP contribution in [-0.2, 0) is 20.6 Å². The average Bonchev–Trinajstić information content (AvgIpc) is 3.15. The van der Waals surface area contributed by atoms with Crippen molar-refractivity contribution in [3.63, 3.8) is 0 Å². The van der Waals surface area contributed by atoms with Gasteiger partial charge in [-0.05, 0) is 11.6 Å². The number of carbonyl (C=O) groups is 2. The van der Waals surface area contributed by atoms with E-state index < -0.39 is 41.6 Å². The van der Waals surface area contributed by atoms with Crippen LogP contribution in [0, 0.1) is 5.92 Å². The van der Waals surface area contributed by atoms with Gasteiger partial charge in [0.25, 0.3) is 11.8 Å². The highest BCUT2D eigenvalue weighted by Crippen LogP contribution is 2.44. The van der Waals surface area contributed by atoms with Gasteiger partial charge in [-0.1, -0.05) is 41.9 Å². The van der Waals surface area contributed by atoms with Gasteiger partial charge in [-0.2, -0.15) is 23.2 Å². The van der Waals surface area contributed by atoms with E-state index in [1.54, 1.807) is 7.05 Å². The predicted molar refractivity (Wildman–Crippen MR) is 99.8 cm³/mol. The molecule has 3 heterocycles. The zero-order valence-corrected chi connectivity index (χ0v) is 16.6. The van der Waals surface area contributed by atoms with Crippen LogP contribution >= 0.6 is 11.6 Å². The molecule has 0 radical (unpaired) electrons. The van der Waals surface area contributed by atoms with Crippen molar-refractivity contribution in [2.75, 3.05) is 19.1 Å². The van der Waals surface area contributed by atoms with E-state index in [0.29, 0.717) is 12.3 Å². The number of hydroxylamine groups is 2. The Labute approximate surface area is 174 Å². The Morgan fingerprint density at radius 1 is 1.17 bits per heavy atom. The molecule has 30 heavy (non-hydrogen) atoms. The van der Waals surface area contributed by atoms with Crippen molar-refractivity contribution in [1.82, 2.24) is 15.1 Å². The van der Waals surface area contributed by atoms with Gasteiger partial charge in [0.15, 0.2) is 11.9 Å². The maximum absolute atomic E-state index is 13.2. The van der Waals surface area contributed by atoms with E-state index in [1.165, 1.54) is 12.1 Å². The van der Waals surface area contributed by atoms with Crippen LogP contribution < -0.4 is 5.01 Å². The number of carbonyl (C=O) groups excluding carboxylic acids is 2. The minimum Gasteiger partial charge on any atom is -0.284 e. The number of alkyl halides is 3. The molecule has 2 aliphatic heterocycles. The number of hydrazine groups is 1. The summed E-state index contributed by atoms with van der Waals surface area (Å²) in [7, 11) is 2.97. The van der Waals surface area contributed by atoms with Crippen LogP contribution in [0.3, 0.4) is 0 Å². The molecule has 2 aliphatic rings. The summed E-state index contributed by atoms with van der Waals surface area (Å²) in [6.45, 7) is 0. The summed E-state index contributed by atoms with van der Waals surface area (Å²) in [5.41, 5.74) is -0.237. The summed E-state index contributed by atoms with van der Waals surface area (Å²) < 4.78 is 38.6. The van der Waals surface area contributed by atoms with Crippen LogP contribution in [0.2, 0.25) is 5.02 Å². The molecule has 0 unspecified atom stereocenters. The van der Waals surface area contributed by atoms with Gasteiger partial charge in [0, 0.05) is 20.3 Å². The number of fused-ring (bicyclic) bond motifs is 1. The summed E-state index contributed by atoms with van der Waals surface area (Å²) >= 11 is 5.98. The summed E-state index contributed by atoms with van der Waals surface area (Å²) in [4.78, 5) is 35.5. The molecule has 0 aliphatic carbocycles. The van der Waals surface area contributed by atoms with E-state index in [4.69, 9.17) is 16.4 Å². The van der Waals surface area contributed by atoms with Gasteiger partial charge in [-0.25, -0.2) is 4.98 Å². The molecule has 11 heteroatoms. The molecule has 2 saturated heterocycles. The highest BCUT2D eigenvalue weighted by molar-refractivity contribution is 6.33. The molecule has 1 aromatic heterocycles. The van der Waals surface area contributed by atoms with Crippen LogP contribution in [-0.4, -0.2) is 47.1 Å². The van der Waals surface area contributed by atoms with Crippen molar-refractivity contribution in [1.29, 1.82) is 0 Å². The highest BCUT2D eigenvalue weighted by Gasteiger charge is 2.60. The van der Waals surface area contributed by atoms with E-state index in [1.807, 2.05) is 30.3 Å². The monoisotopic (exact) mass is 440 g/mol. The van der Waals surface area contributed by atoms with Crippen LogP contribution in [0.4, 0.5) is 19.0 Å². The first-order valence-corrected chi connectivity index (χ1v) is 9.28. The van der Waals surface area contributed by atoms with E-state index >= 15 is 0 Å². The third kappa shape index (κ3) is 3.21. The summed E-state index contributed by atoms with van der Waals surface area (Å²) in [5, 5.41) is 3.00. The van der Waals surface area contributed by atoms with Gasteiger partial charge >= 0.3 is 6.18 Å². The first kappa shape index (κ1) is 20.6. The van der Waals surface area contributed by atoms with E-state index in [9.17, 15) is 22.8 Å². The van der Waals surface area contributed by atoms with Crippen molar-refractivity contribution in [3.8, 4) is 0 Å². The topological polar surface area (TPSA) is 66.0 Å². The van der Waals surface area contributed by atoms with Crippen molar-refractivity contribution in [2.24, 2.45) is 5.92 Å². The Morgan fingerprint density at radius 3 is 2.43 bits per heavy atom. The average molecular weight is 441 g/mol. The van der Waals surface area contributed by atoms with Crippen LogP contribution in [0.15, 0.2) is 42.6 Å². The Kier molecular flexibility index (Phi) is 4.95. The quantitative estimate of drug-likeness (QED) is 0.683. The first-order chi connectivity index (χ1) is 14.1. The number of amides is 2. The lowest BCUT2D eigenvalue weighted by Gasteiger charge is -2.30. The second-order valence-corrected chi connectivity index (χ2v) is 7.40. The lowest BCUT2D eigenvalue weighted by atomic mass is 9.91. The molecule has 7 nitrogen and oxygen atoms in total. The molecule has 158 valence electrons. The molecule has 3 atom stereocenters. The number of hydrogen-bond donors (Lipinski definition) is 0. The van der Waals surface area contributed by atoms with Gasteiger partial charge < -0.3 is 0 Å². The maximum atomic E-state index is 13.2. The SMILES string of the molecule is CN1O[C@@H]2C(=O)N(N(C)c3ncc(C(F)(F)F)cc3Cl)C(=O)[C@@H]2[C@@H]1c1ccccc1. The molecular formula is C19H16ClF3N4O3. The molecule has 2 amide bonds. The lowest BCUT2D eigenvalue weighted by molar-refractivity contribution is -0.170. The zero-order valence-electron chi connectivity index (χ0n) is 15.8. The van der Waals surface area contributed by atoms with Gasteiger partial charge in [-0.15, -0.1) is 0 Å². The third-order valence-corrected chi connectivity index (χ3v) is 5.46. The molecule has 0 spiro atoms. The fourth-order valence-corrected chi connectivity index (χ4v) is 4.11. The summed E-state index contributed by atoms with van der Waals surface area (Å²) in [6, 6.07) is 9.31.